The van der Waals surface area contributed by atoms with Crippen molar-refractivity contribution >= 4 is 11.3 Å². The molecule has 0 saturated heterocycles. The van der Waals surface area contributed by atoms with Gasteiger partial charge in [0.15, 0.2) is 0 Å². The lowest BCUT2D eigenvalue weighted by Gasteiger charge is -2.34. The number of aromatic nitrogens is 1. The summed E-state index contributed by atoms with van der Waals surface area (Å²) in [7, 11) is 0. The quantitative estimate of drug-likeness (QED) is 0.810. The van der Waals surface area contributed by atoms with Crippen LogP contribution in [0.3, 0.4) is 0 Å². The highest BCUT2D eigenvalue weighted by Crippen LogP contribution is 2.40. The molecule has 1 unspecified atom stereocenters. The second-order valence-electron chi connectivity index (χ2n) is 5.01. The van der Waals surface area contributed by atoms with Gasteiger partial charge >= 0.3 is 4.87 Å². The van der Waals surface area contributed by atoms with E-state index in [1.165, 1.54) is 16.2 Å². The van der Waals surface area contributed by atoms with E-state index in [0.29, 0.717) is 6.04 Å². The van der Waals surface area contributed by atoms with Crippen molar-refractivity contribution in [1.82, 2.24) is 10.3 Å². The largest absolute Gasteiger partial charge is 0.316 e. The summed E-state index contributed by atoms with van der Waals surface area (Å²) in [5, 5.41) is 3.46. The number of fused-ring (bicyclic) bond motifs is 1. The van der Waals surface area contributed by atoms with E-state index in [1.54, 1.807) is 0 Å². The first-order valence-electron chi connectivity index (χ1n) is 5.47. The van der Waals surface area contributed by atoms with Gasteiger partial charge < -0.3 is 10.3 Å². The van der Waals surface area contributed by atoms with Gasteiger partial charge in [0.05, 0.1) is 0 Å². The minimum absolute atomic E-state index is 0.0839. The maximum Gasteiger partial charge on any atom is 0.304 e. The maximum atomic E-state index is 11.4. The molecule has 0 aromatic carbocycles. The Labute approximate surface area is 93.9 Å². The standard InChI is InChI=1S/C11H18N2OS/c1-4-12-7-5-11(2,3)6-8-9(7)15-10(14)13-8/h7,12H,4-6H2,1-3H3,(H,13,14). The first kappa shape index (κ1) is 10.9. The molecule has 0 spiro atoms. The molecular formula is C11H18N2OS. The molecule has 1 atom stereocenters. The number of aromatic amines is 1. The summed E-state index contributed by atoms with van der Waals surface area (Å²) in [6, 6.07) is 0.359. The molecule has 0 saturated carbocycles. The van der Waals surface area contributed by atoms with Crippen LogP contribution in [0, 0.1) is 5.41 Å². The lowest BCUT2D eigenvalue weighted by Crippen LogP contribution is -2.32. The van der Waals surface area contributed by atoms with Gasteiger partial charge in [0, 0.05) is 16.6 Å². The predicted molar refractivity (Wildman–Crippen MR) is 63.5 cm³/mol. The lowest BCUT2D eigenvalue weighted by molar-refractivity contribution is 0.260. The van der Waals surface area contributed by atoms with Crippen LogP contribution in [0.2, 0.25) is 0 Å². The summed E-state index contributed by atoms with van der Waals surface area (Å²) in [5.41, 5.74) is 1.43. The molecule has 3 nitrogen and oxygen atoms in total. The van der Waals surface area contributed by atoms with E-state index in [9.17, 15) is 4.79 Å². The summed E-state index contributed by atoms with van der Waals surface area (Å²) in [4.78, 5) is 15.6. The minimum atomic E-state index is 0.0839. The highest BCUT2D eigenvalue weighted by atomic mass is 32.1. The van der Waals surface area contributed by atoms with Gasteiger partial charge in [0.2, 0.25) is 0 Å². The smallest absolute Gasteiger partial charge is 0.304 e. The molecular weight excluding hydrogens is 208 g/mol. The first-order chi connectivity index (χ1) is 7.02. The van der Waals surface area contributed by atoms with Gasteiger partial charge in [-0.25, -0.2) is 0 Å². The zero-order chi connectivity index (χ0) is 11.1. The topological polar surface area (TPSA) is 44.9 Å². The van der Waals surface area contributed by atoms with Gasteiger partial charge in [0.1, 0.15) is 0 Å². The number of rotatable bonds is 2. The fourth-order valence-corrected chi connectivity index (χ4v) is 3.32. The Morgan fingerprint density at radius 3 is 3.00 bits per heavy atom. The highest BCUT2D eigenvalue weighted by Gasteiger charge is 2.33. The van der Waals surface area contributed by atoms with Crippen molar-refractivity contribution in [2.45, 2.75) is 39.7 Å². The van der Waals surface area contributed by atoms with E-state index < -0.39 is 0 Å². The van der Waals surface area contributed by atoms with Gasteiger partial charge in [-0.15, -0.1) is 0 Å². The van der Waals surface area contributed by atoms with E-state index in [1.807, 2.05) is 0 Å². The number of thiazole rings is 1. The third-order valence-electron chi connectivity index (χ3n) is 2.93. The second kappa shape index (κ2) is 3.76. The van der Waals surface area contributed by atoms with E-state index in [2.05, 4.69) is 31.1 Å². The Bertz CT molecular complexity index is 405. The molecule has 0 radical (unpaired) electrons. The normalized spacial score (nSPS) is 23.8. The Balaban J connectivity index is 2.38. The van der Waals surface area contributed by atoms with Crippen molar-refractivity contribution < 1.29 is 0 Å². The van der Waals surface area contributed by atoms with Crippen LogP contribution in [-0.2, 0) is 6.42 Å². The molecule has 15 heavy (non-hydrogen) atoms. The molecule has 1 heterocycles. The zero-order valence-electron chi connectivity index (χ0n) is 9.52. The van der Waals surface area contributed by atoms with Crippen molar-refractivity contribution in [1.29, 1.82) is 0 Å². The monoisotopic (exact) mass is 226 g/mol. The van der Waals surface area contributed by atoms with E-state index >= 15 is 0 Å². The molecule has 2 rings (SSSR count). The number of nitrogens with one attached hydrogen (secondary N) is 2. The predicted octanol–water partition coefficient (Wildman–Crippen LogP) is 2.06. The highest BCUT2D eigenvalue weighted by molar-refractivity contribution is 7.09. The molecule has 84 valence electrons. The minimum Gasteiger partial charge on any atom is -0.316 e. The van der Waals surface area contributed by atoms with E-state index in [0.717, 1.165) is 25.1 Å². The molecule has 0 bridgehead atoms. The van der Waals surface area contributed by atoms with Crippen LogP contribution in [-0.4, -0.2) is 11.5 Å². The summed E-state index contributed by atoms with van der Waals surface area (Å²) in [5.74, 6) is 0. The van der Waals surface area contributed by atoms with Gasteiger partial charge in [0.25, 0.3) is 0 Å². The molecule has 2 N–H and O–H groups in total. The average Bonchev–Trinajstić information content (AvgIpc) is 2.44. The molecule has 1 aliphatic carbocycles. The molecule has 0 aliphatic heterocycles. The van der Waals surface area contributed by atoms with Crippen molar-refractivity contribution in [3.63, 3.8) is 0 Å². The Hall–Kier alpha value is -0.610. The van der Waals surface area contributed by atoms with Gasteiger partial charge in [-0.2, -0.15) is 0 Å². The molecule has 0 fully saturated rings. The second-order valence-corrected chi connectivity index (χ2v) is 6.03. The van der Waals surface area contributed by atoms with Crippen LogP contribution in [0.4, 0.5) is 0 Å². The average molecular weight is 226 g/mol. The molecule has 1 aliphatic rings. The third kappa shape index (κ3) is 2.16. The van der Waals surface area contributed by atoms with Crippen molar-refractivity contribution in [2.24, 2.45) is 5.41 Å². The lowest BCUT2D eigenvalue weighted by atomic mass is 9.76. The molecule has 4 heteroatoms. The van der Waals surface area contributed by atoms with Crippen molar-refractivity contribution in [3.05, 3.63) is 20.2 Å². The van der Waals surface area contributed by atoms with Crippen LogP contribution in [0.15, 0.2) is 4.79 Å². The fourth-order valence-electron chi connectivity index (χ4n) is 2.39. The molecule has 1 aromatic rings. The molecule has 1 aromatic heterocycles. The maximum absolute atomic E-state index is 11.4. The summed E-state index contributed by atoms with van der Waals surface area (Å²) >= 11 is 1.37. The summed E-state index contributed by atoms with van der Waals surface area (Å²) in [6.45, 7) is 7.58. The molecule has 0 amide bonds. The number of H-pyrrole nitrogens is 1. The van der Waals surface area contributed by atoms with Crippen molar-refractivity contribution in [2.75, 3.05) is 6.54 Å². The fraction of sp³-hybridized carbons (Fsp3) is 0.727. The third-order valence-corrected chi connectivity index (χ3v) is 3.97. The van der Waals surface area contributed by atoms with Gasteiger partial charge in [-0.3, -0.25) is 4.79 Å². The van der Waals surface area contributed by atoms with Crippen LogP contribution in [0.25, 0.3) is 0 Å². The van der Waals surface area contributed by atoms with Crippen LogP contribution >= 0.6 is 11.3 Å². The summed E-state index contributed by atoms with van der Waals surface area (Å²) in [6.07, 6.45) is 2.10. The van der Waals surface area contributed by atoms with Crippen LogP contribution in [0.5, 0.6) is 0 Å². The number of hydrogen-bond donors (Lipinski definition) is 2. The SMILES string of the molecule is CCNC1CC(C)(C)Cc2[nH]c(=O)sc21. The van der Waals surface area contributed by atoms with Gasteiger partial charge in [-0.05, 0) is 24.8 Å². The summed E-state index contributed by atoms with van der Waals surface area (Å²) < 4.78 is 0. The zero-order valence-corrected chi connectivity index (χ0v) is 10.3. The van der Waals surface area contributed by atoms with E-state index in [-0.39, 0.29) is 10.3 Å². The van der Waals surface area contributed by atoms with Crippen LogP contribution in [0.1, 0.15) is 43.8 Å². The van der Waals surface area contributed by atoms with E-state index in [4.69, 9.17) is 0 Å². The Morgan fingerprint density at radius 2 is 2.33 bits per heavy atom. The first-order valence-corrected chi connectivity index (χ1v) is 6.29. The number of hydrogen-bond acceptors (Lipinski definition) is 3. The van der Waals surface area contributed by atoms with Crippen molar-refractivity contribution in [3.8, 4) is 0 Å². The van der Waals surface area contributed by atoms with Gasteiger partial charge in [-0.1, -0.05) is 32.1 Å². The Morgan fingerprint density at radius 1 is 1.60 bits per heavy atom. The van der Waals surface area contributed by atoms with Crippen LogP contribution < -0.4 is 10.2 Å². The Kier molecular flexibility index (Phi) is 2.73.